The van der Waals surface area contributed by atoms with Gasteiger partial charge < -0.3 is 0 Å². The van der Waals surface area contributed by atoms with Crippen LogP contribution in [0.1, 0.15) is 22.3 Å². The monoisotopic (exact) mass is 396 g/mol. The lowest BCUT2D eigenvalue weighted by atomic mass is 10.2. The standard InChI is InChI=1S/C28H28S/c1-5-13-25(14-6-1)21-29(22-26-15-7-2-8-16-26,23-27-17-9-3-10-18-27)24-28-19-11-4-12-20-28/h1-20H,21-24H2. The fourth-order valence-electron chi connectivity index (χ4n) is 4.02. The van der Waals surface area contributed by atoms with Crippen LogP contribution >= 0.6 is 10.0 Å². The summed E-state index contributed by atoms with van der Waals surface area (Å²) in [5.74, 6) is 4.58. The largest absolute Gasteiger partial charge is 0.225 e. The van der Waals surface area contributed by atoms with Gasteiger partial charge in [-0.15, -0.1) is 0 Å². The summed E-state index contributed by atoms with van der Waals surface area (Å²) in [4.78, 5) is 0. The third-order valence-corrected chi connectivity index (χ3v) is 9.05. The number of rotatable bonds is 8. The van der Waals surface area contributed by atoms with E-state index in [1.54, 1.807) is 0 Å². The summed E-state index contributed by atoms with van der Waals surface area (Å²) in [6.45, 7) is 0. The second kappa shape index (κ2) is 9.62. The van der Waals surface area contributed by atoms with Crippen molar-refractivity contribution >= 4 is 10.0 Å². The van der Waals surface area contributed by atoms with E-state index in [4.69, 9.17) is 0 Å². The molecule has 0 nitrogen and oxygen atoms in total. The van der Waals surface area contributed by atoms with Crippen LogP contribution in [-0.2, 0) is 23.0 Å². The molecule has 29 heavy (non-hydrogen) atoms. The van der Waals surface area contributed by atoms with Crippen molar-refractivity contribution in [1.29, 1.82) is 0 Å². The van der Waals surface area contributed by atoms with E-state index < -0.39 is 10.0 Å². The van der Waals surface area contributed by atoms with E-state index in [0.717, 1.165) is 23.0 Å². The van der Waals surface area contributed by atoms with Crippen molar-refractivity contribution < 1.29 is 0 Å². The molecule has 0 radical (unpaired) electrons. The molecule has 0 atom stereocenters. The molecule has 0 spiro atoms. The SMILES string of the molecule is c1ccc(CS(Cc2ccccc2)(Cc2ccccc2)Cc2ccccc2)cc1. The second-order valence-corrected chi connectivity index (χ2v) is 11.3. The minimum absolute atomic E-state index is 1.01. The van der Waals surface area contributed by atoms with Crippen LogP contribution in [0, 0.1) is 0 Å². The number of hydrogen-bond donors (Lipinski definition) is 0. The van der Waals surface area contributed by atoms with Gasteiger partial charge in [0.2, 0.25) is 0 Å². The fraction of sp³-hybridized carbons (Fsp3) is 0.143. The molecule has 0 unspecified atom stereocenters. The summed E-state index contributed by atoms with van der Waals surface area (Å²) >= 11 is 0. The van der Waals surface area contributed by atoms with Crippen LogP contribution in [0.3, 0.4) is 0 Å². The Morgan fingerprint density at radius 3 is 0.724 bits per heavy atom. The van der Waals surface area contributed by atoms with Crippen LogP contribution in [0.25, 0.3) is 0 Å². The minimum atomic E-state index is -1.01. The maximum atomic E-state index is 2.29. The van der Waals surface area contributed by atoms with E-state index in [1.807, 2.05) is 0 Å². The van der Waals surface area contributed by atoms with Crippen molar-refractivity contribution in [2.24, 2.45) is 0 Å². The zero-order chi connectivity index (χ0) is 19.8. The van der Waals surface area contributed by atoms with Gasteiger partial charge in [0, 0.05) is 23.0 Å². The summed E-state index contributed by atoms with van der Waals surface area (Å²) in [5, 5.41) is 0. The number of hydrogen-bond acceptors (Lipinski definition) is 0. The van der Waals surface area contributed by atoms with Crippen molar-refractivity contribution in [3.8, 4) is 0 Å². The quantitative estimate of drug-likeness (QED) is 0.288. The lowest BCUT2D eigenvalue weighted by Gasteiger charge is -2.41. The zero-order valence-electron chi connectivity index (χ0n) is 16.8. The highest BCUT2D eigenvalue weighted by molar-refractivity contribution is 8.31. The molecule has 0 saturated heterocycles. The van der Waals surface area contributed by atoms with Gasteiger partial charge in [-0.3, -0.25) is 0 Å². The van der Waals surface area contributed by atoms with Gasteiger partial charge in [-0.1, -0.05) is 121 Å². The Labute approximate surface area is 176 Å². The lowest BCUT2D eigenvalue weighted by molar-refractivity contribution is 1.21. The average molecular weight is 397 g/mol. The van der Waals surface area contributed by atoms with Gasteiger partial charge in [-0.05, 0) is 22.3 Å². The Morgan fingerprint density at radius 2 is 0.517 bits per heavy atom. The predicted octanol–water partition coefficient (Wildman–Crippen LogP) is 7.59. The van der Waals surface area contributed by atoms with Crippen molar-refractivity contribution in [2.45, 2.75) is 23.0 Å². The van der Waals surface area contributed by atoms with E-state index in [1.165, 1.54) is 22.3 Å². The molecule has 0 aromatic heterocycles. The summed E-state index contributed by atoms with van der Waals surface area (Å²) in [7, 11) is -1.01. The van der Waals surface area contributed by atoms with Crippen LogP contribution in [0.2, 0.25) is 0 Å². The molecule has 0 heterocycles. The van der Waals surface area contributed by atoms with Crippen LogP contribution < -0.4 is 0 Å². The van der Waals surface area contributed by atoms with Crippen molar-refractivity contribution in [2.75, 3.05) is 0 Å². The topological polar surface area (TPSA) is 0 Å². The van der Waals surface area contributed by atoms with Gasteiger partial charge in [0.25, 0.3) is 0 Å². The third kappa shape index (κ3) is 5.62. The molecular formula is C28H28S. The molecule has 0 aliphatic heterocycles. The molecule has 1 heteroatoms. The van der Waals surface area contributed by atoms with E-state index in [2.05, 4.69) is 121 Å². The molecule has 0 N–H and O–H groups in total. The zero-order valence-corrected chi connectivity index (χ0v) is 17.6. The molecule has 0 saturated carbocycles. The summed E-state index contributed by atoms with van der Waals surface area (Å²) < 4.78 is 0. The summed E-state index contributed by atoms with van der Waals surface area (Å²) in [6.07, 6.45) is 0. The van der Waals surface area contributed by atoms with Gasteiger partial charge >= 0.3 is 0 Å². The molecule has 146 valence electrons. The Kier molecular flexibility index (Phi) is 6.49. The van der Waals surface area contributed by atoms with Gasteiger partial charge in [0.15, 0.2) is 0 Å². The highest BCUT2D eigenvalue weighted by Crippen LogP contribution is 2.59. The molecule has 0 fully saturated rings. The third-order valence-electron chi connectivity index (χ3n) is 5.26. The minimum Gasteiger partial charge on any atom is -0.225 e. The van der Waals surface area contributed by atoms with Crippen LogP contribution in [0.4, 0.5) is 0 Å². The first-order valence-corrected chi connectivity index (χ1v) is 12.5. The molecule has 0 aliphatic rings. The summed E-state index contributed by atoms with van der Waals surface area (Å²) in [6, 6.07) is 44.2. The fourth-order valence-corrected chi connectivity index (χ4v) is 8.23. The predicted molar refractivity (Wildman–Crippen MR) is 128 cm³/mol. The summed E-state index contributed by atoms with van der Waals surface area (Å²) in [5.41, 5.74) is 5.80. The Hall–Kier alpha value is -2.77. The maximum absolute atomic E-state index is 2.29. The molecule has 0 amide bonds. The molecule has 4 rings (SSSR count). The first-order chi connectivity index (χ1) is 14.3. The molecule has 4 aromatic rings. The first kappa shape index (κ1) is 19.5. The average Bonchev–Trinajstić information content (AvgIpc) is 2.76. The highest BCUT2D eigenvalue weighted by atomic mass is 32.3. The smallest absolute Gasteiger partial charge is 0.00339 e. The van der Waals surface area contributed by atoms with E-state index in [0.29, 0.717) is 0 Å². The first-order valence-electron chi connectivity index (χ1n) is 10.2. The Bertz CT molecular complexity index is 808. The molecule has 0 aliphatic carbocycles. The van der Waals surface area contributed by atoms with Gasteiger partial charge in [0.05, 0.1) is 0 Å². The normalized spacial score (nSPS) is 11.9. The van der Waals surface area contributed by atoms with Crippen molar-refractivity contribution in [3.05, 3.63) is 144 Å². The van der Waals surface area contributed by atoms with Crippen LogP contribution in [0.5, 0.6) is 0 Å². The lowest BCUT2D eigenvalue weighted by Crippen LogP contribution is -2.13. The van der Waals surface area contributed by atoms with E-state index in [-0.39, 0.29) is 0 Å². The van der Waals surface area contributed by atoms with Crippen LogP contribution in [0.15, 0.2) is 121 Å². The highest BCUT2D eigenvalue weighted by Gasteiger charge is 2.26. The Morgan fingerprint density at radius 1 is 0.310 bits per heavy atom. The van der Waals surface area contributed by atoms with Crippen molar-refractivity contribution in [1.82, 2.24) is 0 Å². The Balaban J connectivity index is 1.75. The number of benzene rings is 4. The molecule has 0 bridgehead atoms. The molecule has 4 aromatic carbocycles. The second-order valence-electron chi connectivity index (χ2n) is 7.74. The van der Waals surface area contributed by atoms with Gasteiger partial charge in [-0.25, -0.2) is 10.0 Å². The van der Waals surface area contributed by atoms with Crippen LogP contribution in [-0.4, -0.2) is 0 Å². The van der Waals surface area contributed by atoms with E-state index in [9.17, 15) is 0 Å². The van der Waals surface area contributed by atoms with Crippen molar-refractivity contribution in [3.63, 3.8) is 0 Å². The van der Waals surface area contributed by atoms with E-state index >= 15 is 0 Å². The van der Waals surface area contributed by atoms with Gasteiger partial charge in [-0.2, -0.15) is 0 Å². The van der Waals surface area contributed by atoms with Gasteiger partial charge in [0.1, 0.15) is 0 Å². The maximum Gasteiger partial charge on any atom is 0.00339 e. The molecular weight excluding hydrogens is 368 g/mol.